The van der Waals surface area contributed by atoms with Gasteiger partial charge in [0.15, 0.2) is 0 Å². The maximum atomic E-state index is 11.9. The standard InChI is InChI=1S/C14H15N3O2/c18-10-5-7-17(8-6-10)9-13-15-12-4-2-1-3-11(12)14(19)16-13/h1-4H,5-9H2,(H,15,16,19). The van der Waals surface area contributed by atoms with Gasteiger partial charge in [0.05, 0.1) is 17.4 Å². The maximum Gasteiger partial charge on any atom is 0.258 e. The fourth-order valence-corrected chi connectivity index (χ4v) is 2.38. The van der Waals surface area contributed by atoms with Gasteiger partial charge < -0.3 is 4.98 Å². The van der Waals surface area contributed by atoms with Gasteiger partial charge in [0.25, 0.3) is 5.56 Å². The first kappa shape index (κ1) is 12.0. The molecule has 1 aromatic carbocycles. The predicted molar refractivity (Wildman–Crippen MR) is 71.9 cm³/mol. The molecular formula is C14H15N3O2. The van der Waals surface area contributed by atoms with Crippen molar-refractivity contribution in [1.82, 2.24) is 14.9 Å². The molecule has 1 fully saturated rings. The van der Waals surface area contributed by atoms with Crippen molar-refractivity contribution in [2.45, 2.75) is 19.4 Å². The van der Waals surface area contributed by atoms with Gasteiger partial charge in [-0.1, -0.05) is 12.1 Å². The van der Waals surface area contributed by atoms with Crippen LogP contribution in [0.4, 0.5) is 0 Å². The number of carbonyl (C=O) groups excluding carboxylic acids is 1. The van der Waals surface area contributed by atoms with Crippen molar-refractivity contribution in [3.63, 3.8) is 0 Å². The average Bonchev–Trinajstić information content (AvgIpc) is 2.42. The molecule has 19 heavy (non-hydrogen) atoms. The molecule has 1 saturated heterocycles. The van der Waals surface area contributed by atoms with Gasteiger partial charge in [-0.05, 0) is 12.1 Å². The zero-order valence-electron chi connectivity index (χ0n) is 10.6. The molecule has 2 aromatic rings. The highest BCUT2D eigenvalue weighted by Crippen LogP contribution is 2.10. The van der Waals surface area contributed by atoms with Gasteiger partial charge in [-0.15, -0.1) is 0 Å². The van der Waals surface area contributed by atoms with Gasteiger partial charge in [-0.2, -0.15) is 0 Å². The van der Waals surface area contributed by atoms with E-state index in [9.17, 15) is 9.59 Å². The Morgan fingerprint density at radius 3 is 2.68 bits per heavy atom. The number of hydrogen-bond acceptors (Lipinski definition) is 4. The summed E-state index contributed by atoms with van der Waals surface area (Å²) in [5, 5.41) is 0.611. The molecule has 3 rings (SSSR count). The number of nitrogens with zero attached hydrogens (tertiary/aromatic N) is 2. The number of benzene rings is 1. The number of para-hydroxylation sites is 1. The van der Waals surface area contributed by atoms with E-state index in [1.54, 1.807) is 6.07 Å². The molecule has 2 heterocycles. The molecule has 5 heteroatoms. The van der Waals surface area contributed by atoms with Gasteiger partial charge in [-0.3, -0.25) is 14.5 Å². The van der Waals surface area contributed by atoms with Crippen molar-refractivity contribution in [1.29, 1.82) is 0 Å². The summed E-state index contributed by atoms with van der Waals surface area (Å²) < 4.78 is 0. The third-order valence-corrected chi connectivity index (χ3v) is 3.45. The van der Waals surface area contributed by atoms with Gasteiger partial charge >= 0.3 is 0 Å². The van der Waals surface area contributed by atoms with E-state index in [-0.39, 0.29) is 5.56 Å². The Labute approximate surface area is 110 Å². The van der Waals surface area contributed by atoms with Crippen molar-refractivity contribution in [2.24, 2.45) is 0 Å². The van der Waals surface area contributed by atoms with Gasteiger partial charge in [0.1, 0.15) is 11.6 Å². The van der Waals surface area contributed by atoms with Crippen LogP contribution >= 0.6 is 0 Å². The van der Waals surface area contributed by atoms with Crippen molar-refractivity contribution < 1.29 is 4.79 Å². The monoisotopic (exact) mass is 257 g/mol. The summed E-state index contributed by atoms with van der Waals surface area (Å²) in [6.45, 7) is 2.08. The third kappa shape index (κ3) is 2.56. The molecule has 1 aromatic heterocycles. The molecule has 0 bridgehead atoms. The highest BCUT2D eigenvalue weighted by Gasteiger charge is 2.17. The van der Waals surface area contributed by atoms with E-state index < -0.39 is 0 Å². The molecule has 0 spiro atoms. The number of Topliss-reactive ketones (excluding diaryl/α,β-unsaturated/α-hetero) is 1. The lowest BCUT2D eigenvalue weighted by atomic mass is 10.1. The zero-order chi connectivity index (χ0) is 13.2. The van der Waals surface area contributed by atoms with Crippen molar-refractivity contribution in [3.8, 4) is 0 Å². The first-order valence-electron chi connectivity index (χ1n) is 6.44. The second-order valence-corrected chi connectivity index (χ2v) is 4.84. The Morgan fingerprint density at radius 2 is 1.89 bits per heavy atom. The summed E-state index contributed by atoms with van der Waals surface area (Å²) in [4.78, 5) is 32.5. The van der Waals surface area contributed by atoms with Crippen LogP contribution in [0.3, 0.4) is 0 Å². The Hall–Kier alpha value is -2.01. The van der Waals surface area contributed by atoms with Crippen molar-refractivity contribution in [3.05, 3.63) is 40.4 Å². The highest BCUT2D eigenvalue weighted by atomic mass is 16.1. The molecular weight excluding hydrogens is 242 g/mol. The van der Waals surface area contributed by atoms with E-state index in [0.717, 1.165) is 13.1 Å². The number of aromatic nitrogens is 2. The molecule has 1 aliphatic heterocycles. The van der Waals surface area contributed by atoms with Crippen LogP contribution in [0, 0.1) is 0 Å². The van der Waals surface area contributed by atoms with E-state index in [4.69, 9.17) is 0 Å². The van der Waals surface area contributed by atoms with Crippen LogP contribution in [-0.2, 0) is 11.3 Å². The van der Waals surface area contributed by atoms with E-state index in [1.807, 2.05) is 18.2 Å². The maximum absolute atomic E-state index is 11.9. The number of carbonyl (C=O) groups is 1. The SMILES string of the molecule is O=C1CCN(Cc2nc3ccccc3c(=O)[nH]2)CC1. The molecule has 0 amide bonds. The van der Waals surface area contributed by atoms with Crippen LogP contribution in [-0.4, -0.2) is 33.7 Å². The van der Waals surface area contributed by atoms with E-state index in [1.165, 1.54) is 0 Å². The molecule has 0 atom stereocenters. The summed E-state index contributed by atoms with van der Waals surface area (Å²) >= 11 is 0. The van der Waals surface area contributed by atoms with Crippen molar-refractivity contribution in [2.75, 3.05) is 13.1 Å². The van der Waals surface area contributed by atoms with E-state index in [0.29, 0.717) is 41.9 Å². The molecule has 0 unspecified atom stereocenters. The van der Waals surface area contributed by atoms with Gasteiger partial charge in [0.2, 0.25) is 0 Å². The number of H-pyrrole nitrogens is 1. The van der Waals surface area contributed by atoms with E-state index >= 15 is 0 Å². The van der Waals surface area contributed by atoms with Crippen LogP contribution in [0.25, 0.3) is 10.9 Å². The highest BCUT2D eigenvalue weighted by molar-refractivity contribution is 5.79. The molecule has 0 aliphatic carbocycles. The number of likely N-dealkylation sites (tertiary alicyclic amines) is 1. The fourth-order valence-electron chi connectivity index (χ4n) is 2.38. The van der Waals surface area contributed by atoms with Crippen molar-refractivity contribution >= 4 is 16.7 Å². The van der Waals surface area contributed by atoms with E-state index in [2.05, 4.69) is 14.9 Å². The third-order valence-electron chi connectivity index (χ3n) is 3.45. The van der Waals surface area contributed by atoms with Crippen LogP contribution in [0.5, 0.6) is 0 Å². The molecule has 98 valence electrons. The quantitative estimate of drug-likeness (QED) is 0.874. The first-order valence-corrected chi connectivity index (χ1v) is 6.44. The number of nitrogens with one attached hydrogen (secondary N) is 1. The topological polar surface area (TPSA) is 66.1 Å². The van der Waals surface area contributed by atoms with Crippen LogP contribution in [0.2, 0.25) is 0 Å². The smallest absolute Gasteiger partial charge is 0.258 e. The fraction of sp³-hybridized carbons (Fsp3) is 0.357. The Morgan fingerprint density at radius 1 is 1.16 bits per heavy atom. The Bertz CT molecular complexity index is 668. The normalized spacial score (nSPS) is 16.9. The summed E-state index contributed by atoms with van der Waals surface area (Å²) in [6.07, 6.45) is 1.19. The number of piperidine rings is 1. The Balaban J connectivity index is 1.85. The summed E-state index contributed by atoms with van der Waals surface area (Å²) in [5.74, 6) is 0.981. The molecule has 5 nitrogen and oxygen atoms in total. The number of fused-ring (bicyclic) bond motifs is 1. The summed E-state index contributed by atoms with van der Waals surface area (Å²) in [7, 11) is 0. The minimum Gasteiger partial charge on any atom is -0.309 e. The molecule has 0 saturated carbocycles. The Kier molecular flexibility index (Phi) is 3.13. The molecule has 1 N–H and O–H groups in total. The lowest BCUT2D eigenvalue weighted by Crippen LogP contribution is -2.34. The van der Waals surface area contributed by atoms with Crippen LogP contribution < -0.4 is 5.56 Å². The molecule has 1 aliphatic rings. The largest absolute Gasteiger partial charge is 0.309 e. The second-order valence-electron chi connectivity index (χ2n) is 4.84. The average molecular weight is 257 g/mol. The first-order chi connectivity index (χ1) is 9.22. The van der Waals surface area contributed by atoms with Crippen LogP contribution in [0.15, 0.2) is 29.1 Å². The number of ketones is 1. The van der Waals surface area contributed by atoms with Gasteiger partial charge in [-0.25, -0.2) is 4.98 Å². The number of aromatic amines is 1. The van der Waals surface area contributed by atoms with Gasteiger partial charge in [0, 0.05) is 25.9 Å². The number of rotatable bonds is 2. The second kappa shape index (κ2) is 4.93. The number of hydrogen-bond donors (Lipinski definition) is 1. The minimum atomic E-state index is -0.103. The lowest BCUT2D eigenvalue weighted by Gasteiger charge is -2.25. The summed E-state index contributed by atoms with van der Waals surface area (Å²) in [6, 6.07) is 7.31. The molecule has 0 radical (unpaired) electrons. The minimum absolute atomic E-state index is 0.103. The zero-order valence-corrected chi connectivity index (χ0v) is 10.6. The predicted octanol–water partition coefficient (Wildman–Crippen LogP) is 1.09. The van der Waals surface area contributed by atoms with Crippen LogP contribution in [0.1, 0.15) is 18.7 Å². The lowest BCUT2D eigenvalue weighted by molar-refractivity contribution is -0.121. The summed E-state index contributed by atoms with van der Waals surface area (Å²) in [5.41, 5.74) is 0.614.